The van der Waals surface area contributed by atoms with Crippen molar-refractivity contribution in [1.29, 1.82) is 0 Å². The topological polar surface area (TPSA) is 66.5 Å². The number of carbonyl (C=O) groups is 1. The molecule has 0 spiro atoms. The van der Waals surface area contributed by atoms with Crippen molar-refractivity contribution < 1.29 is 17.6 Å². The zero-order valence-electron chi connectivity index (χ0n) is 12.2. The third kappa shape index (κ3) is 3.34. The summed E-state index contributed by atoms with van der Waals surface area (Å²) in [7, 11) is -3.21. The molecular weight excluding hydrogens is 319 g/mol. The summed E-state index contributed by atoms with van der Waals surface area (Å²) in [6, 6.07) is 11.8. The van der Waals surface area contributed by atoms with Gasteiger partial charge in [0.1, 0.15) is 5.82 Å². The molecule has 120 valence electrons. The van der Waals surface area contributed by atoms with Crippen molar-refractivity contribution in [2.24, 2.45) is 0 Å². The van der Waals surface area contributed by atoms with E-state index in [1.54, 1.807) is 24.3 Å². The van der Waals surface area contributed by atoms with Crippen molar-refractivity contribution in [2.75, 3.05) is 21.9 Å². The van der Waals surface area contributed by atoms with Crippen molar-refractivity contribution in [3.05, 3.63) is 59.9 Å². The molecule has 1 amide bonds. The van der Waals surface area contributed by atoms with Gasteiger partial charge in [0.05, 0.1) is 11.4 Å². The van der Waals surface area contributed by atoms with Crippen LogP contribution in [0.15, 0.2) is 48.5 Å². The fourth-order valence-corrected chi connectivity index (χ4v) is 4.01. The Bertz CT molecular complexity index is 817. The minimum atomic E-state index is -3.21. The minimum Gasteiger partial charge on any atom is -0.322 e. The van der Waals surface area contributed by atoms with Crippen molar-refractivity contribution in [3.63, 3.8) is 0 Å². The van der Waals surface area contributed by atoms with Crippen LogP contribution in [-0.4, -0.2) is 26.6 Å². The summed E-state index contributed by atoms with van der Waals surface area (Å²) in [6.07, 6.45) is 0.616. The van der Waals surface area contributed by atoms with E-state index in [4.69, 9.17) is 0 Å². The average molecular weight is 334 g/mol. The highest BCUT2D eigenvalue weighted by atomic mass is 32.2. The molecule has 23 heavy (non-hydrogen) atoms. The summed E-state index contributed by atoms with van der Waals surface area (Å²) in [4.78, 5) is 12.0. The number of sulfonamides is 1. The number of rotatable bonds is 3. The predicted molar refractivity (Wildman–Crippen MR) is 86.5 cm³/mol. The lowest BCUT2D eigenvalue weighted by Gasteiger charge is -2.17. The third-order valence-electron chi connectivity index (χ3n) is 3.62. The Morgan fingerprint density at radius 1 is 1.04 bits per heavy atom. The molecule has 2 aromatic rings. The number of nitrogens with one attached hydrogen (secondary N) is 1. The Kier molecular flexibility index (Phi) is 4.04. The molecule has 7 heteroatoms. The Balaban J connectivity index is 1.73. The maximum atomic E-state index is 12.8. The van der Waals surface area contributed by atoms with Crippen LogP contribution in [0, 0.1) is 5.82 Å². The summed E-state index contributed by atoms with van der Waals surface area (Å²) in [6.45, 7) is 0.476. The SMILES string of the molecule is O=C(Nc1ccc(N2CCCS2(=O)=O)cc1)c1ccc(F)cc1. The van der Waals surface area contributed by atoms with Crippen molar-refractivity contribution in [1.82, 2.24) is 0 Å². The zero-order chi connectivity index (χ0) is 16.4. The number of hydrogen-bond donors (Lipinski definition) is 1. The highest BCUT2D eigenvalue weighted by molar-refractivity contribution is 7.93. The monoisotopic (exact) mass is 334 g/mol. The standard InChI is InChI=1S/C16H15FN2O3S/c17-13-4-2-12(3-5-13)16(20)18-14-6-8-15(9-7-14)19-10-1-11-23(19,21)22/h2-9H,1,10-11H2,(H,18,20). The van der Waals surface area contributed by atoms with E-state index < -0.39 is 15.8 Å². The van der Waals surface area contributed by atoms with Crippen LogP contribution >= 0.6 is 0 Å². The second-order valence-electron chi connectivity index (χ2n) is 5.25. The Morgan fingerprint density at radius 2 is 1.70 bits per heavy atom. The van der Waals surface area contributed by atoms with E-state index in [1.807, 2.05) is 0 Å². The van der Waals surface area contributed by atoms with Gasteiger partial charge >= 0.3 is 0 Å². The number of nitrogens with zero attached hydrogens (tertiary/aromatic N) is 1. The van der Waals surface area contributed by atoms with Gasteiger partial charge in [-0.05, 0) is 55.0 Å². The molecule has 3 rings (SSSR count). The van der Waals surface area contributed by atoms with Gasteiger partial charge in [0.15, 0.2) is 0 Å². The lowest BCUT2D eigenvalue weighted by atomic mass is 10.2. The molecular formula is C16H15FN2O3S. The average Bonchev–Trinajstić information content (AvgIpc) is 2.88. The second-order valence-corrected chi connectivity index (χ2v) is 7.26. The first-order chi connectivity index (χ1) is 11.0. The van der Waals surface area contributed by atoms with Crippen LogP contribution in [0.25, 0.3) is 0 Å². The molecule has 0 saturated carbocycles. The van der Waals surface area contributed by atoms with Crippen LogP contribution in [0.3, 0.4) is 0 Å². The summed E-state index contributed by atoms with van der Waals surface area (Å²) in [5.41, 5.74) is 1.47. The van der Waals surface area contributed by atoms with Crippen LogP contribution in [0.5, 0.6) is 0 Å². The smallest absolute Gasteiger partial charge is 0.255 e. The molecule has 1 aliphatic heterocycles. The van der Waals surface area contributed by atoms with Crippen LogP contribution in [0.4, 0.5) is 15.8 Å². The molecule has 0 aliphatic carbocycles. The van der Waals surface area contributed by atoms with Gasteiger partial charge in [0.2, 0.25) is 10.0 Å². The van der Waals surface area contributed by atoms with Gasteiger partial charge in [0, 0.05) is 17.8 Å². The Hall–Kier alpha value is -2.41. The molecule has 0 aromatic heterocycles. The van der Waals surface area contributed by atoms with Crippen LogP contribution < -0.4 is 9.62 Å². The fourth-order valence-electron chi connectivity index (χ4n) is 2.45. The van der Waals surface area contributed by atoms with Gasteiger partial charge in [-0.2, -0.15) is 0 Å². The van der Waals surface area contributed by atoms with Crippen molar-refractivity contribution in [2.45, 2.75) is 6.42 Å². The first-order valence-electron chi connectivity index (χ1n) is 7.13. The quantitative estimate of drug-likeness (QED) is 0.938. The molecule has 2 aromatic carbocycles. The number of anilines is 2. The zero-order valence-corrected chi connectivity index (χ0v) is 13.0. The van der Waals surface area contributed by atoms with Crippen molar-refractivity contribution in [3.8, 4) is 0 Å². The molecule has 1 N–H and O–H groups in total. The third-order valence-corrected chi connectivity index (χ3v) is 5.49. The molecule has 1 heterocycles. The van der Waals surface area contributed by atoms with E-state index in [9.17, 15) is 17.6 Å². The number of carbonyl (C=O) groups excluding carboxylic acids is 1. The van der Waals surface area contributed by atoms with E-state index in [1.165, 1.54) is 28.6 Å². The highest BCUT2D eigenvalue weighted by Crippen LogP contribution is 2.25. The highest BCUT2D eigenvalue weighted by Gasteiger charge is 2.28. The van der Waals surface area contributed by atoms with E-state index in [0.29, 0.717) is 29.9 Å². The molecule has 0 atom stereocenters. The lowest BCUT2D eigenvalue weighted by Crippen LogP contribution is -2.24. The lowest BCUT2D eigenvalue weighted by molar-refractivity contribution is 0.102. The molecule has 1 fully saturated rings. The van der Waals surface area contributed by atoms with Gasteiger partial charge in [-0.3, -0.25) is 9.10 Å². The number of amides is 1. The fraction of sp³-hybridized carbons (Fsp3) is 0.188. The second kappa shape index (κ2) is 6.00. The van der Waals surface area contributed by atoms with Crippen LogP contribution in [0.1, 0.15) is 16.8 Å². The first kappa shape index (κ1) is 15.5. The Labute approximate surface area is 133 Å². The maximum Gasteiger partial charge on any atom is 0.255 e. The maximum absolute atomic E-state index is 12.8. The molecule has 1 aliphatic rings. The largest absolute Gasteiger partial charge is 0.322 e. The van der Waals surface area contributed by atoms with E-state index in [2.05, 4.69) is 5.32 Å². The van der Waals surface area contributed by atoms with Gasteiger partial charge in [0.25, 0.3) is 5.91 Å². The van der Waals surface area contributed by atoms with Crippen molar-refractivity contribution >= 4 is 27.3 Å². The molecule has 5 nitrogen and oxygen atoms in total. The van der Waals surface area contributed by atoms with Gasteiger partial charge < -0.3 is 5.32 Å². The normalized spacial score (nSPS) is 16.3. The first-order valence-corrected chi connectivity index (χ1v) is 8.74. The number of benzene rings is 2. The summed E-state index contributed by atoms with van der Waals surface area (Å²) in [5, 5.41) is 2.69. The Morgan fingerprint density at radius 3 is 2.26 bits per heavy atom. The van der Waals surface area contributed by atoms with Gasteiger partial charge in [-0.15, -0.1) is 0 Å². The van der Waals surface area contributed by atoms with Crippen LogP contribution in [-0.2, 0) is 10.0 Å². The summed E-state index contributed by atoms with van der Waals surface area (Å²) < 4.78 is 37.9. The molecule has 0 bridgehead atoms. The van der Waals surface area contributed by atoms with Gasteiger partial charge in [-0.25, -0.2) is 12.8 Å². The van der Waals surface area contributed by atoms with E-state index in [0.717, 1.165) is 0 Å². The van der Waals surface area contributed by atoms with E-state index in [-0.39, 0.29) is 11.7 Å². The van der Waals surface area contributed by atoms with Crippen LogP contribution in [0.2, 0.25) is 0 Å². The molecule has 1 saturated heterocycles. The summed E-state index contributed by atoms with van der Waals surface area (Å²) in [5.74, 6) is -0.597. The predicted octanol–water partition coefficient (Wildman–Crippen LogP) is 2.62. The summed E-state index contributed by atoms with van der Waals surface area (Å²) >= 11 is 0. The van der Waals surface area contributed by atoms with E-state index >= 15 is 0 Å². The number of halogens is 1. The minimum absolute atomic E-state index is 0.163. The molecule has 0 unspecified atom stereocenters. The molecule has 0 radical (unpaired) electrons. The number of hydrogen-bond acceptors (Lipinski definition) is 3. The van der Waals surface area contributed by atoms with Gasteiger partial charge in [-0.1, -0.05) is 0 Å².